The van der Waals surface area contributed by atoms with Crippen LogP contribution < -0.4 is 9.64 Å². The number of aromatic nitrogens is 2. The predicted octanol–water partition coefficient (Wildman–Crippen LogP) is 4.39. The van der Waals surface area contributed by atoms with Crippen molar-refractivity contribution < 1.29 is 13.9 Å². The second-order valence-corrected chi connectivity index (χ2v) is 6.97. The zero-order chi connectivity index (χ0) is 19.7. The molecule has 0 spiro atoms. The summed E-state index contributed by atoms with van der Waals surface area (Å²) >= 11 is 0. The van der Waals surface area contributed by atoms with Gasteiger partial charge in [0.05, 0.1) is 18.5 Å². The van der Waals surface area contributed by atoms with Crippen LogP contribution in [0.2, 0.25) is 0 Å². The molecule has 1 unspecified atom stereocenters. The third kappa shape index (κ3) is 3.26. The minimum atomic E-state index is -0.322. The van der Waals surface area contributed by atoms with Gasteiger partial charge in [-0.1, -0.05) is 25.1 Å². The monoisotopic (exact) mass is 379 g/mol. The van der Waals surface area contributed by atoms with E-state index in [1.807, 2.05) is 38.1 Å². The van der Waals surface area contributed by atoms with Gasteiger partial charge in [-0.15, -0.1) is 0 Å². The fourth-order valence-electron chi connectivity index (χ4n) is 3.54. The average molecular weight is 379 g/mol. The highest BCUT2D eigenvalue weighted by molar-refractivity contribution is 6.08. The predicted molar refractivity (Wildman–Crippen MR) is 106 cm³/mol. The Morgan fingerprint density at radius 3 is 2.71 bits per heavy atom. The van der Waals surface area contributed by atoms with Gasteiger partial charge in [0.15, 0.2) is 11.4 Å². The van der Waals surface area contributed by atoms with E-state index in [1.165, 1.54) is 12.1 Å². The molecule has 6 heteroatoms. The first-order valence-electron chi connectivity index (χ1n) is 9.48. The number of fused-ring (bicyclic) bond motifs is 1. The van der Waals surface area contributed by atoms with Gasteiger partial charge < -0.3 is 9.64 Å². The second-order valence-electron chi connectivity index (χ2n) is 6.97. The van der Waals surface area contributed by atoms with Gasteiger partial charge in [0.25, 0.3) is 5.91 Å². The Kier molecular flexibility index (Phi) is 4.86. The Balaban J connectivity index is 1.73. The number of hydrogen-bond donors (Lipinski definition) is 0. The van der Waals surface area contributed by atoms with E-state index in [2.05, 4.69) is 5.10 Å². The maximum atomic E-state index is 13.4. The quantitative estimate of drug-likeness (QED) is 0.660. The van der Waals surface area contributed by atoms with E-state index in [1.54, 1.807) is 27.9 Å². The number of rotatable bonds is 5. The second kappa shape index (κ2) is 7.46. The largest absolute Gasteiger partial charge is 0.489 e. The van der Waals surface area contributed by atoms with E-state index in [-0.39, 0.29) is 23.5 Å². The molecule has 144 valence electrons. The zero-order valence-corrected chi connectivity index (χ0v) is 15.9. The third-order valence-corrected chi connectivity index (χ3v) is 4.86. The maximum absolute atomic E-state index is 13.4. The van der Waals surface area contributed by atoms with Crippen molar-refractivity contribution >= 4 is 11.6 Å². The number of hydrogen-bond acceptors (Lipinski definition) is 3. The van der Waals surface area contributed by atoms with Gasteiger partial charge in [0, 0.05) is 11.7 Å². The molecule has 5 nitrogen and oxygen atoms in total. The first-order valence-corrected chi connectivity index (χ1v) is 9.48. The molecule has 2 aromatic carbocycles. The highest BCUT2D eigenvalue weighted by atomic mass is 19.1. The van der Waals surface area contributed by atoms with Crippen LogP contribution in [0.4, 0.5) is 10.1 Å². The molecule has 0 radical (unpaired) electrons. The van der Waals surface area contributed by atoms with E-state index < -0.39 is 0 Å². The smallest absolute Gasteiger partial charge is 0.282 e. The number of ether oxygens (including phenoxy) is 1. The summed E-state index contributed by atoms with van der Waals surface area (Å²) in [5, 5.41) is 4.49. The van der Waals surface area contributed by atoms with Crippen LogP contribution in [-0.4, -0.2) is 28.3 Å². The number of anilines is 1. The van der Waals surface area contributed by atoms with Crippen LogP contribution in [0.25, 0.3) is 5.69 Å². The number of amides is 1. The highest BCUT2D eigenvalue weighted by Gasteiger charge is 2.34. The summed E-state index contributed by atoms with van der Waals surface area (Å²) in [6, 6.07) is 13.9. The van der Waals surface area contributed by atoms with Crippen LogP contribution in [0.3, 0.4) is 0 Å². The molecule has 1 aliphatic heterocycles. The highest BCUT2D eigenvalue weighted by Crippen LogP contribution is 2.34. The van der Waals surface area contributed by atoms with Gasteiger partial charge in [-0.2, -0.15) is 5.10 Å². The van der Waals surface area contributed by atoms with Crippen molar-refractivity contribution in [2.24, 2.45) is 0 Å². The first kappa shape index (κ1) is 18.2. The van der Waals surface area contributed by atoms with Crippen LogP contribution in [-0.2, 0) is 6.42 Å². The fourth-order valence-corrected chi connectivity index (χ4v) is 3.54. The Hall–Kier alpha value is -3.15. The van der Waals surface area contributed by atoms with Crippen molar-refractivity contribution in [3.05, 3.63) is 71.8 Å². The molecule has 2 heterocycles. The molecule has 28 heavy (non-hydrogen) atoms. The number of halogens is 1. The molecule has 1 amide bonds. The van der Waals surface area contributed by atoms with Gasteiger partial charge in [-0.05, 0) is 55.7 Å². The molecule has 0 bridgehead atoms. The summed E-state index contributed by atoms with van der Waals surface area (Å²) in [6.07, 6.45) is 3.31. The fraction of sp³-hybridized carbons (Fsp3) is 0.273. The van der Waals surface area contributed by atoms with E-state index in [0.29, 0.717) is 18.0 Å². The van der Waals surface area contributed by atoms with Gasteiger partial charge in [-0.25, -0.2) is 9.07 Å². The Morgan fingerprint density at radius 2 is 1.96 bits per heavy atom. The number of benzene rings is 2. The van der Waals surface area contributed by atoms with Gasteiger partial charge in [0.2, 0.25) is 0 Å². The molecule has 1 aliphatic rings. The van der Waals surface area contributed by atoms with E-state index >= 15 is 0 Å². The lowest BCUT2D eigenvalue weighted by Gasteiger charge is -2.22. The van der Waals surface area contributed by atoms with Crippen molar-refractivity contribution in [3.63, 3.8) is 0 Å². The molecule has 0 fully saturated rings. The van der Waals surface area contributed by atoms with E-state index in [0.717, 1.165) is 24.1 Å². The lowest BCUT2D eigenvalue weighted by molar-refractivity contribution is 0.0972. The Bertz CT molecular complexity index is 997. The van der Waals surface area contributed by atoms with Crippen LogP contribution in [0.5, 0.6) is 5.75 Å². The third-order valence-electron chi connectivity index (χ3n) is 4.86. The SMILES string of the molecule is CCCOc1cn(-c2ccc(F)cc2)nc1C(=O)N1c2ccccc2CC1C. The normalized spacial score (nSPS) is 15.5. The van der Waals surface area contributed by atoms with Gasteiger partial charge in [0.1, 0.15) is 5.82 Å². The van der Waals surface area contributed by atoms with Crippen molar-refractivity contribution in [3.8, 4) is 11.4 Å². The van der Waals surface area contributed by atoms with Crippen molar-refractivity contribution in [1.29, 1.82) is 0 Å². The van der Waals surface area contributed by atoms with Crippen molar-refractivity contribution in [2.45, 2.75) is 32.7 Å². The number of nitrogens with zero attached hydrogens (tertiary/aromatic N) is 3. The Morgan fingerprint density at radius 1 is 1.21 bits per heavy atom. The number of carbonyl (C=O) groups excluding carboxylic acids is 1. The molecule has 0 N–H and O–H groups in total. The van der Waals surface area contributed by atoms with E-state index in [4.69, 9.17) is 4.74 Å². The Labute approximate surface area is 163 Å². The number of carbonyl (C=O) groups is 1. The summed E-state index contributed by atoms with van der Waals surface area (Å²) in [4.78, 5) is 15.2. The minimum absolute atomic E-state index is 0.0416. The average Bonchev–Trinajstić information content (AvgIpc) is 3.27. The first-order chi connectivity index (χ1) is 13.6. The molecule has 0 aliphatic carbocycles. The van der Waals surface area contributed by atoms with Gasteiger partial charge in [-0.3, -0.25) is 4.79 Å². The summed E-state index contributed by atoms with van der Waals surface area (Å²) < 4.78 is 20.6. The summed E-state index contributed by atoms with van der Waals surface area (Å²) in [7, 11) is 0. The van der Waals surface area contributed by atoms with Crippen LogP contribution in [0.15, 0.2) is 54.7 Å². The van der Waals surface area contributed by atoms with Crippen LogP contribution >= 0.6 is 0 Å². The zero-order valence-electron chi connectivity index (χ0n) is 15.9. The molecule has 4 rings (SSSR count). The molecular weight excluding hydrogens is 357 g/mol. The van der Waals surface area contributed by atoms with E-state index in [9.17, 15) is 9.18 Å². The minimum Gasteiger partial charge on any atom is -0.489 e. The lowest BCUT2D eigenvalue weighted by Crippen LogP contribution is -2.36. The van der Waals surface area contributed by atoms with Crippen LogP contribution in [0.1, 0.15) is 36.3 Å². The lowest BCUT2D eigenvalue weighted by atomic mass is 10.1. The molecular formula is C22H22FN3O2. The molecule has 1 aromatic heterocycles. The van der Waals surface area contributed by atoms with Crippen molar-refractivity contribution in [2.75, 3.05) is 11.5 Å². The maximum Gasteiger partial charge on any atom is 0.282 e. The van der Waals surface area contributed by atoms with Crippen LogP contribution in [0, 0.1) is 5.82 Å². The standard InChI is InChI=1S/C22H22FN3O2/c1-3-12-28-20-14-25(18-10-8-17(23)9-11-18)24-21(20)22(27)26-15(2)13-16-6-4-5-7-19(16)26/h4-11,14-15H,3,12-13H2,1-2H3. The molecule has 1 atom stereocenters. The topological polar surface area (TPSA) is 47.4 Å². The molecule has 3 aromatic rings. The number of para-hydroxylation sites is 1. The summed E-state index contributed by atoms with van der Waals surface area (Å²) in [5.74, 6) is -0.0747. The summed E-state index contributed by atoms with van der Waals surface area (Å²) in [6.45, 7) is 4.52. The molecule has 0 saturated carbocycles. The summed E-state index contributed by atoms with van der Waals surface area (Å²) in [5.41, 5.74) is 2.99. The van der Waals surface area contributed by atoms with Gasteiger partial charge >= 0.3 is 0 Å². The van der Waals surface area contributed by atoms with Crippen molar-refractivity contribution in [1.82, 2.24) is 9.78 Å². The molecule has 0 saturated heterocycles.